The fourth-order valence-electron chi connectivity index (χ4n) is 3.95. The largest absolute Gasteiger partial charge is 0.459 e. The second-order valence-electron chi connectivity index (χ2n) is 8.62. The summed E-state index contributed by atoms with van der Waals surface area (Å²) >= 11 is -0.187. The molecule has 1 aromatic carbocycles. The highest BCUT2D eigenvalue weighted by Gasteiger charge is 2.74. The van der Waals surface area contributed by atoms with Gasteiger partial charge in [0.25, 0.3) is 23.6 Å². The van der Waals surface area contributed by atoms with E-state index in [1.807, 2.05) is 0 Å². The smallest absolute Gasteiger partial charge is 0.269 e. The lowest BCUT2D eigenvalue weighted by Gasteiger charge is -2.34. The third-order valence-corrected chi connectivity index (χ3v) is 7.20. The van der Waals surface area contributed by atoms with Crippen LogP contribution in [0.15, 0.2) is 12.1 Å². The third kappa shape index (κ3) is 4.05. The molecule has 0 bridgehead atoms. The molecule has 4 amide bonds. The molecule has 0 unspecified atom stereocenters. The minimum absolute atomic E-state index is 0.187. The van der Waals surface area contributed by atoms with E-state index >= 15 is 0 Å². The summed E-state index contributed by atoms with van der Waals surface area (Å²) in [5.41, 5.74) is -1.79. The van der Waals surface area contributed by atoms with Crippen LogP contribution in [0.4, 0.5) is 61.5 Å². The summed E-state index contributed by atoms with van der Waals surface area (Å²) in [5.74, 6) is -33.5. The molecule has 0 saturated heterocycles. The molecule has 2 aliphatic heterocycles. The maximum absolute atomic E-state index is 14.0. The van der Waals surface area contributed by atoms with Crippen molar-refractivity contribution < 1.29 is 80.6 Å². The lowest BCUT2D eigenvalue weighted by Crippen LogP contribution is -2.59. The number of imide groups is 2. The first-order valence-corrected chi connectivity index (χ1v) is 11.1. The molecule has 2 aliphatic rings. The van der Waals surface area contributed by atoms with Crippen molar-refractivity contribution in [3.63, 3.8) is 0 Å². The monoisotopic (exact) mass is 636 g/mol. The van der Waals surface area contributed by atoms with E-state index < -0.39 is 114 Å². The summed E-state index contributed by atoms with van der Waals surface area (Å²) in [4.78, 5) is 47.5. The van der Waals surface area contributed by atoms with Gasteiger partial charge in [0.05, 0.1) is 13.1 Å². The molecular formula is C20H6F14N2O4S. The van der Waals surface area contributed by atoms with Gasteiger partial charge in [-0.3, -0.25) is 29.0 Å². The maximum atomic E-state index is 14.0. The molecule has 0 fully saturated rings. The highest BCUT2D eigenvalue weighted by Crippen LogP contribution is 2.50. The number of thiophene rings is 1. The Morgan fingerprint density at radius 2 is 0.805 bits per heavy atom. The standard InChI is InChI=1S/C20H6F14N2O4S/c21-15(22,17(25,26)19(29,30)31)3-35-11(37)5-1-2-6-8-7(5)9(13(35)39)41-10(8)14(40)36(12(6)38)4-16(23,24)18(27,28)20(32,33)34/h1-2H,3-4H2. The van der Waals surface area contributed by atoms with E-state index in [1.54, 1.807) is 0 Å². The van der Waals surface area contributed by atoms with Crippen LogP contribution < -0.4 is 0 Å². The first-order valence-electron chi connectivity index (χ1n) is 10.3. The summed E-state index contributed by atoms with van der Waals surface area (Å²) in [6, 6.07) is 0.988. The first-order chi connectivity index (χ1) is 18.3. The van der Waals surface area contributed by atoms with Gasteiger partial charge in [-0.25, -0.2) is 0 Å². The molecule has 4 rings (SSSR count). The lowest BCUT2D eigenvalue weighted by atomic mass is 9.93. The molecule has 0 N–H and O–H groups in total. The molecule has 224 valence electrons. The van der Waals surface area contributed by atoms with Crippen LogP contribution in [-0.2, 0) is 0 Å². The van der Waals surface area contributed by atoms with Crippen molar-refractivity contribution in [1.29, 1.82) is 0 Å². The van der Waals surface area contributed by atoms with Crippen LogP contribution >= 0.6 is 11.3 Å². The van der Waals surface area contributed by atoms with E-state index in [0.717, 1.165) is 0 Å². The fraction of sp³-hybridized carbons (Fsp3) is 0.400. The van der Waals surface area contributed by atoms with E-state index in [9.17, 15) is 80.6 Å². The number of alkyl halides is 14. The number of nitrogens with zero attached hydrogens (tertiary/aromatic N) is 2. The second kappa shape index (κ2) is 8.51. The van der Waals surface area contributed by atoms with Crippen LogP contribution in [-0.4, -0.2) is 82.6 Å². The van der Waals surface area contributed by atoms with Crippen LogP contribution in [0.1, 0.15) is 40.1 Å². The highest BCUT2D eigenvalue weighted by atomic mass is 32.1. The minimum Gasteiger partial charge on any atom is -0.269 e. The SMILES string of the molecule is O=C1c2ccc3c4c(sc(c24)C(=O)N1CC(F)(F)C(F)(F)C(F)(F)F)C(=O)N(CC(F)(F)C(F)(F)C(F)(F)F)C3=O. The van der Waals surface area contributed by atoms with Gasteiger partial charge in [0.2, 0.25) is 0 Å². The zero-order valence-corrected chi connectivity index (χ0v) is 19.6. The number of amides is 4. The molecule has 0 radical (unpaired) electrons. The van der Waals surface area contributed by atoms with E-state index in [1.165, 1.54) is 0 Å². The molecule has 0 spiro atoms. The Hall–Kier alpha value is -3.52. The van der Waals surface area contributed by atoms with Crippen LogP contribution in [0.5, 0.6) is 0 Å². The number of benzene rings is 1. The van der Waals surface area contributed by atoms with Gasteiger partial charge in [0.1, 0.15) is 9.75 Å². The number of hydrogen-bond donors (Lipinski definition) is 0. The van der Waals surface area contributed by atoms with Crippen molar-refractivity contribution in [2.24, 2.45) is 0 Å². The number of halogens is 14. The average Bonchev–Trinajstić information content (AvgIpc) is 3.22. The van der Waals surface area contributed by atoms with E-state index in [-0.39, 0.29) is 11.3 Å². The summed E-state index contributed by atoms with van der Waals surface area (Å²) in [6.45, 7) is -5.68. The quantitative estimate of drug-likeness (QED) is 0.299. The molecular weight excluding hydrogens is 630 g/mol. The number of hydrogen-bond acceptors (Lipinski definition) is 5. The van der Waals surface area contributed by atoms with Crippen LogP contribution in [0.25, 0.3) is 10.8 Å². The summed E-state index contributed by atoms with van der Waals surface area (Å²) in [5, 5.41) is -1.43. The molecule has 3 heterocycles. The van der Waals surface area contributed by atoms with E-state index in [0.29, 0.717) is 12.1 Å². The molecule has 6 nitrogen and oxygen atoms in total. The molecule has 1 aromatic heterocycles. The summed E-state index contributed by atoms with van der Waals surface area (Å²) in [6.07, 6.45) is -13.7. The van der Waals surface area contributed by atoms with Gasteiger partial charge in [0.15, 0.2) is 0 Å². The normalized spacial score (nSPS) is 17.3. The van der Waals surface area contributed by atoms with Crippen molar-refractivity contribution in [2.75, 3.05) is 13.1 Å². The van der Waals surface area contributed by atoms with E-state index in [2.05, 4.69) is 0 Å². The van der Waals surface area contributed by atoms with Crippen molar-refractivity contribution in [3.05, 3.63) is 33.0 Å². The Kier molecular flexibility index (Phi) is 6.31. The van der Waals surface area contributed by atoms with Gasteiger partial charge >= 0.3 is 36.0 Å². The van der Waals surface area contributed by atoms with Crippen molar-refractivity contribution in [3.8, 4) is 0 Å². The zero-order valence-electron chi connectivity index (χ0n) is 18.8. The molecule has 2 aromatic rings. The maximum Gasteiger partial charge on any atom is 0.459 e. The Labute approximate surface area is 219 Å². The van der Waals surface area contributed by atoms with Crippen LogP contribution in [0.2, 0.25) is 0 Å². The predicted octanol–water partition coefficient (Wildman–Crippen LogP) is 5.76. The first kappa shape index (κ1) is 30.4. The van der Waals surface area contributed by atoms with Gasteiger partial charge in [-0.05, 0) is 12.1 Å². The van der Waals surface area contributed by atoms with Gasteiger partial charge < -0.3 is 0 Å². The zero-order chi connectivity index (χ0) is 31.5. The second-order valence-corrected chi connectivity index (χ2v) is 9.64. The number of rotatable bonds is 6. The van der Waals surface area contributed by atoms with Gasteiger partial charge in [-0.15, -0.1) is 11.3 Å². The van der Waals surface area contributed by atoms with Gasteiger partial charge in [-0.2, -0.15) is 61.5 Å². The Morgan fingerprint density at radius 3 is 1.07 bits per heavy atom. The Morgan fingerprint density at radius 1 is 0.512 bits per heavy atom. The van der Waals surface area contributed by atoms with E-state index in [4.69, 9.17) is 0 Å². The molecule has 0 saturated carbocycles. The third-order valence-electron chi connectivity index (χ3n) is 6.04. The predicted molar refractivity (Wildman–Crippen MR) is 104 cm³/mol. The lowest BCUT2D eigenvalue weighted by molar-refractivity contribution is -0.354. The van der Waals surface area contributed by atoms with Crippen molar-refractivity contribution >= 4 is 45.7 Å². The highest BCUT2D eigenvalue weighted by molar-refractivity contribution is 7.18. The number of carbonyl (C=O) groups excluding carboxylic acids is 4. The Bertz CT molecular complexity index is 1410. The van der Waals surface area contributed by atoms with Crippen LogP contribution in [0.3, 0.4) is 0 Å². The van der Waals surface area contributed by atoms with Crippen molar-refractivity contribution in [2.45, 2.75) is 36.0 Å². The molecule has 41 heavy (non-hydrogen) atoms. The fourth-order valence-corrected chi connectivity index (χ4v) is 5.18. The summed E-state index contributed by atoms with van der Waals surface area (Å²) in [7, 11) is 0. The van der Waals surface area contributed by atoms with Crippen molar-refractivity contribution in [1.82, 2.24) is 9.80 Å². The van der Waals surface area contributed by atoms with Crippen LogP contribution in [0, 0.1) is 0 Å². The molecule has 0 aliphatic carbocycles. The van der Waals surface area contributed by atoms with Gasteiger partial charge in [-0.1, -0.05) is 0 Å². The Balaban J connectivity index is 1.79. The average molecular weight is 636 g/mol. The van der Waals surface area contributed by atoms with Gasteiger partial charge in [0, 0.05) is 21.9 Å². The topological polar surface area (TPSA) is 74.8 Å². The molecule has 21 heteroatoms. The number of carbonyl (C=O) groups is 4. The summed E-state index contributed by atoms with van der Waals surface area (Å²) < 4.78 is 185. The molecule has 0 atom stereocenters. The minimum atomic E-state index is -6.84.